The van der Waals surface area contributed by atoms with Crippen molar-refractivity contribution in [1.29, 1.82) is 0 Å². The van der Waals surface area contributed by atoms with Gasteiger partial charge in [-0.2, -0.15) is 13.2 Å². The van der Waals surface area contributed by atoms with E-state index in [0.29, 0.717) is 38.2 Å². The molecular formula is C22H23F3N4O2. The molecule has 0 radical (unpaired) electrons. The third-order valence-corrected chi connectivity index (χ3v) is 5.72. The summed E-state index contributed by atoms with van der Waals surface area (Å²) in [5.41, 5.74) is 1.51. The molecule has 2 N–H and O–H groups in total. The molecule has 31 heavy (non-hydrogen) atoms. The molecule has 1 fully saturated rings. The van der Waals surface area contributed by atoms with Crippen LogP contribution in [0.3, 0.4) is 0 Å². The van der Waals surface area contributed by atoms with E-state index in [2.05, 4.69) is 10.6 Å². The number of likely N-dealkylation sites (tertiary alicyclic amines) is 1. The Morgan fingerprint density at radius 1 is 1.00 bits per heavy atom. The number of carbonyl (C=O) groups excluding carboxylic acids is 2. The van der Waals surface area contributed by atoms with Gasteiger partial charge >= 0.3 is 12.2 Å². The Balaban J connectivity index is 1.38. The number of alkyl halides is 3. The average molecular weight is 432 g/mol. The van der Waals surface area contributed by atoms with E-state index in [4.69, 9.17) is 0 Å². The lowest BCUT2D eigenvalue weighted by Crippen LogP contribution is -2.51. The standard InChI is InChI=1S/C22H23F3N4O2/c23-22(24,25)16-7-5-15(6-8-16)13-20(30)28-11-9-17(10-12-28)29-19-4-2-1-3-18(19)26-14-27-21(29)31/h1-8,17,26H,9-14H2,(H,27,31). The summed E-state index contributed by atoms with van der Waals surface area (Å²) in [5.74, 6) is -0.124. The first-order valence-corrected chi connectivity index (χ1v) is 10.2. The zero-order chi connectivity index (χ0) is 22.0. The number of amides is 3. The largest absolute Gasteiger partial charge is 0.416 e. The van der Waals surface area contributed by atoms with Crippen molar-refractivity contribution in [2.75, 3.05) is 30.0 Å². The van der Waals surface area contributed by atoms with Gasteiger partial charge in [-0.05, 0) is 42.7 Å². The molecule has 0 unspecified atom stereocenters. The van der Waals surface area contributed by atoms with Gasteiger partial charge < -0.3 is 15.5 Å². The van der Waals surface area contributed by atoms with Crippen LogP contribution in [0, 0.1) is 0 Å². The lowest BCUT2D eigenvalue weighted by atomic mass is 10.0. The number of hydrogen-bond acceptors (Lipinski definition) is 3. The Labute approximate surface area is 178 Å². The summed E-state index contributed by atoms with van der Waals surface area (Å²) in [7, 11) is 0. The molecule has 2 aliphatic rings. The molecule has 0 atom stereocenters. The monoisotopic (exact) mass is 432 g/mol. The fourth-order valence-corrected chi connectivity index (χ4v) is 4.08. The second kappa shape index (κ2) is 8.49. The number of halogens is 3. The molecule has 2 aromatic rings. The van der Waals surface area contributed by atoms with Gasteiger partial charge in [0, 0.05) is 19.1 Å². The molecule has 4 rings (SSSR count). The van der Waals surface area contributed by atoms with Crippen molar-refractivity contribution in [3.63, 3.8) is 0 Å². The van der Waals surface area contributed by atoms with Crippen LogP contribution in [0.1, 0.15) is 24.0 Å². The average Bonchev–Trinajstić information content (AvgIpc) is 2.91. The number of piperidine rings is 1. The van der Waals surface area contributed by atoms with Gasteiger partial charge in [0.2, 0.25) is 5.91 Å². The molecule has 164 valence electrons. The maximum atomic E-state index is 12.7. The van der Waals surface area contributed by atoms with Crippen molar-refractivity contribution in [3.05, 3.63) is 59.7 Å². The summed E-state index contributed by atoms with van der Waals surface area (Å²) < 4.78 is 38.1. The van der Waals surface area contributed by atoms with Crippen molar-refractivity contribution < 1.29 is 22.8 Å². The van der Waals surface area contributed by atoms with Crippen LogP contribution in [0.15, 0.2) is 48.5 Å². The van der Waals surface area contributed by atoms with Crippen LogP contribution >= 0.6 is 0 Å². The van der Waals surface area contributed by atoms with Gasteiger partial charge in [0.05, 0.1) is 30.0 Å². The summed E-state index contributed by atoms with van der Waals surface area (Å²) in [6.45, 7) is 1.32. The first-order chi connectivity index (χ1) is 14.8. The van der Waals surface area contributed by atoms with Gasteiger partial charge in [-0.25, -0.2) is 4.79 Å². The van der Waals surface area contributed by atoms with Crippen LogP contribution in [0.25, 0.3) is 0 Å². The second-order valence-corrected chi connectivity index (χ2v) is 7.71. The molecule has 9 heteroatoms. The molecule has 1 saturated heterocycles. The number of para-hydroxylation sites is 2. The van der Waals surface area contributed by atoms with Gasteiger partial charge in [0.15, 0.2) is 0 Å². The normalized spacial score (nSPS) is 17.5. The number of hydrogen-bond donors (Lipinski definition) is 2. The van der Waals surface area contributed by atoms with Crippen LogP contribution in [0.4, 0.5) is 29.3 Å². The van der Waals surface area contributed by atoms with E-state index in [-0.39, 0.29) is 24.4 Å². The number of benzene rings is 2. The van der Waals surface area contributed by atoms with Crippen molar-refractivity contribution in [3.8, 4) is 0 Å². The minimum atomic E-state index is -4.39. The molecule has 6 nitrogen and oxygen atoms in total. The van der Waals surface area contributed by atoms with Crippen LogP contribution in [0.2, 0.25) is 0 Å². The van der Waals surface area contributed by atoms with E-state index in [1.165, 1.54) is 12.1 Å². The Morgan fingerprint density at radius 3 is 2.35 bits per heavy atom. The number of fused-ring (bicyclic) bond motifs is 1. The fraction of sp³-hybridized carbons (Fsp3) is 0.364. The van der Waals surface area contributed by atoms with Crippen LogP contribution in [0.5, 0.6) is 0 Å². The molecule has 0 aromatic heterocycles. The summed E-state index contributed by atoms with van der Waals surface area (Å²) in [6.07, 6.45) is -3.08. The zero-order valence-electron chi connectivity index (χ0n) is 16.8. The Kier molecular flexibility index (Phi) is 5.75. The molecule has 0 saturated carbocycles. The Bertz CT molecular complexity index is 954. The number of urea groups is 1. The summed E-state index contributed by atoms with van der Waals surface area (Å²) in [5, 5.41) is 6.02. The van der Waals surface area contributed by atoms with E-state index >= 15 is 0 Å². The van der Waals surface area contributed by atoms with Gasteiger partial charge in [0.1, 0.15) is 0 Å². The van der Waals surface area contributed by atoms with E-state index < -0.39 is 11.7 Å². The summed E-state index contributed by atoms with van der Waals surface area (Å²) in [4.78, 5) is 28.8. The van der Waals surface area contributed by atoms with Crippen LogP contribution in [-0.4, -0.2) is 42.6 Å². The lowest BCUT2D eigenvalue weighted by Gasteiger charge is -2.38. The van der Waals surface area contributed by atoms with E-state index in [1.807, 2.05) is 24.3 Å². The third-order valence-electron chi connectivity index (χ3n) is 5.72. The highest BCUT2D eigenvalue weighted by atomic mass is 19.4. The van der Waals surface area contributed by atoms with E-state index in [0.717, 1.165) is 23.5 Å². The van der Waals surface area contributed by atoms with Gasteiger partial charge in [-0.15, -0.1) is 0 Å². The molecule has 2 aromatic carbocycles. The van der Waals surface area contributed by atoms with E-state index in [9.17, 15) is 22.8 Å². The van der Waals surface area contributed by atoms with Crippen molar-refractivity contribution in [2.24, 2.45) is 0 Å². The quantitative estimate of drug-likeness (QED) is 0.775. The van der Waals surface area contributed by atoms with Gasteiger partial charge in [-0.3, -0.25) is 9.69 Å². The maximum Gasteiger partial charge on any atom is 0.416 e. The fourth-order valence-electron chi connectivity index (χ4n) is 4.08. The zero-order valence-corrected chi connectivity index (χ0v) is 16.8. The molecule has 0 aliphatic carbocycles. The first kappa shape index (κ1) is 21.0. The highest BCUT2D eigenvalue weighted by Gasteiger charge is 2.33. The topological polar surface area (TPSA) is 64.7 Å². The molecular weight excluding hydrogens is 409 g/mol. The molecule has 2 heterocycles. The SMILES string of the molecule is O=C(Cc1ccc(C(F)(F)F)cc1)N1CCC(N2C(=O)NCNc3ccccc32)CC1. The minimum absolute atomic E-state index is 0.0452. The molecule has 0 spiro atoms. The number of nitrogens with zero attached hydrogens (tertiary/aromatic N) is 2. The predicted octanol–water partition coefficient (Wildman–Crippen LogP) is 3.84. The van der Waals surface area contributed by atoms with Gasteiger partial charge in [-0.1, -0.05) is 24.3 Å². The number of nitrogens with one attached hydrogen (secondary N) is 2. The Morgan fingerprint density at radius 2 is 1.68 bits per heavy atom. The van der Waals surface area contributed by atoms with Gasteiger partial charge in [0.25, 0.3) is 0 Å². The first-order valence-electron chi connectivity index (χ1n) is 10.2. The highest BCUT2D eigenvalue weighted by molar-refractivity contribution is 5.97. The maximum absolute atomic E-state index is 12.7. The molecule has 3 amide bonds. The number of anilines is 2. The van der Waals surface area contributed by atoms with Crippen molar-refractivity contribution in [1.82, 2.24) is 10.2 Å². The molecule has 2 aliphatic heterocycles. The Hall–Kier alpha value is -3.23. The van der Waals surface area contributed by atoms with Crippen LogP contribution in [-0.2, 0) is 17.4 Å². The predicted molar refractivity (Wildman–Crippen MR) is 111 cm³/mol. The third kappa shape index (κ3) is 4.60. The number of rotatable bonds is 3. The number of carbonyl (C=O) groups is 2. The minimum Gasteiger partial charge on any atom is -0.366 e. The summed E-state index contributed by atoms with van der Waals surface area (Å²) in [6, 6.07) is 12.1. The smallest absolute Gasteiger partial charge is 0.366 e. The summed E-state index contributed by atoms with van der Waals surface area (Å²) >= 11 is 0. The van der Waals surface area contributed by atoms with Crippen LogP contribution < -0.4 is 15.5 Å². The van der Waals surface area contributed by atoms with Crippen molar-refractivity contribution >= 4 is 23.3 Å². The van der Waals surface area contributed by atoms with E-state index in [1.54, 1.807) is 9.80 Å². The lowest BCUT2D eigenvalue weighted by molar-refractivity contribution is -0.137. The van der Waals surface area contributed by atoms with Crippen molar-refractivity contribution in [2.45, 2.75) is 31.5 Å². The highest BCUT2D eigenvalue weighted by Crippen LogP contribution is 2.32. The second-order valence-electron chi connectivity index (χ2n) is 7.71. The molecule has 0 bridgehead atoms.